The fraction of sp³-hybridized carbons (Fsp3) is 0.800. The summed E-state index contributed by atoms with van der Waals surface area (Å²) >= 11 is 5.75. The van der Waals surface area contributed by atoms with Crippen molar-refractivity contribution in [2.45, 2.75) is 44.2 Å². The molecule has 0 fully saturated rings. The second-order valence-corrected chi connectivity index (χ2v) is 5.94. The van der Waals surface area contributed by atoms with Gasteiger partial charge < -0.3 is 15.2 Å². The predicted molar refractivity (Wildman–Crippen MR) is 71.9 cm³/mol. The predicted octanol–water partition coefficient (Wildman–Crippen LogP) is 2.02. The summed E-state index contributed by atoms with van der Waals surface area (Å²) in [5.74, 6) is -1.42. The molecule has 0 aromatic rings. The van der Waals surface area contributed by atoms with Crippen LogP contribution in [0, 0.1) is 0 Å². The molecule has 0 heterocycles. The molecule has 2 N–H and O–H groups in total. The van der Waals surface area contributed by atoms with E-state index in [2.05, 4.69) is 28.6 Å². The summed E-state index contributed by atoms with van der Waals surface area (Å²) < 4.78 is 43.6. The van der Waals surface area contributed by atoms with Crippen LogP contribution in [0.2, 0.25) is 0 Å². The number of halogens is 4. The fourth-order valence-corrected chi connectivity index (χ4v) is 1.94. The van der Waals surface area contributed by atoms with Crippen molar-refractivity contribution in [2.75, 3.05) is 5.33 Å². The molecule has 0 bridgehead atoms. The summed E-state index contributed by atoms with van der Waals surface area (Å²) in [7, 11) is 0. The van der Waals surface area contributed by atoms with Gasteiger partial charge in [-0.25, -0.2) is 4.79 Å². The minimum atomic E-state index is -5.17. The number of alkyl halides is 4. The SMILES string of the molecule is CC(C)(C)OC(=O)[C@@H](NC(=O)S)[C@](O)(CBr)C(F)(F)F. The largest absolute Gasteiger partial charge is 0.458 e. The molecule has 0 unspecified atom stereocenters. The Labute approximate surface area is 127 Å². The zero-order chi connectivity index (χ0) is 16.4. The Bertz CT molecular complexity index is 386. The van der Waals surface area contributed by atoms with E-state index in [4.69, 9.17) is 4.74 Å². The van der Waals surface area contributed by atoms with E-state index < -0.39 is 40.0 Å². The van der Waals surface area contributed by atoms with Crippen LogP contribution in [-0.4, -0.2) is 45.1 Å². The van der Waals surface area contributed by atoms with Gasteiger partial charge in [0.05, 0.1) is 0 Å². The Morgan fingerprint density at radius 1 is 1.35 bits per heavy atom. The molecule has 0 radical (unpaired) electrons. The lowest BCUT2D eigenvalue weighted by molar-refractivity contribution is -0.261. The topological polar surface area (TPSA) is 75.6 Å². The number of carbonyl (C=O) groups excluding carboxylic acids is 2. The molecule has 0 aromatic heterocycles. The molecule has 20 heavy (non-hydrogen) atoms. The molecule has 0 rings (SSSR count). The van der Waals surface area contributed by atoms with E-state index in [1.807, 2.05) is 0 Å². The van der Waals surface area contributed by atoms with Crippen molar-refractivity contribution in [3.8, 4) is 0 Å². The smallest absolute Gasteiger partial charge is 0.420 e. The molecule has 0 aliphatic rings. The summed E-state index contributed by atoms with van der Waals surface area (Å²) in [6.07, 6.45) is -5.17. The number of amides is 1. The van der Waals surface area contributed by atoms with Crippen molar-refractivity contribution in [1.82, 2.24) is 5.32 Å². The van der Waals surface area contributed by atoms with Crippen LogP contribution in [0.1, 0.15) is 20.8 Å². The zero-order valence-corrected chi connectivity index (χ0v) is 13.4. The fourth-order valence-electron chi connectivity index (χ4n) is 1.17. The molecule has 1 amide bonds. The molecule has 118 valence electrons. The molecular formula is C10H15BrF3NO4S. The Balaban J connectivity index is 5.55. The molecular weight excluding hydrogens is 367 g/mol. The number of rotatable bonds is 4. The first kappa shape index (κ1) is 19.5. The van der Waals surface area contributed by atoms with Gasteiger partial charge in [0.2, 0.25) is 5.60 Å². The maximum Gasteiger partial charge on any atom is 0.420 e. The molecule has 0 aliphatic heterocycles. The van der Waals surface area contributed by atoms with Crippen LogP contribution in [0.25, 0.3) is 0 Å². The highest BCUT2D eigenvalue weighted by atomic mass is 79.9. The van der Waals surface area contributed by atoms with Gasteiger partial charge in [0.25, 0.3) is 5.24 Å². The van der Waals surface area contributed by atoms with E-state index in [1.54, 1.807) is 5.32 Å². The number of thiol groups is 1. The van der Waals surface area contributed by atoms with E-state index in [1.165, 1.54) is 20.8 Å². The summed E-state index contributed by atoms with van der Waals surface area (Å²) in [5, 5.41) is 9.13. The molecule has 0 saturated heterocycles. The average Bonchev–Trinajstić information content (AvgIpc) is 2.20. The van der Waals surface area contributed by atoms with E-state index >= 15 is 0 Å². The molecule has 0 aliphatic carbocycles. The standard InChI is InChI=1S/C10H15BrF3NO4S/c1-8(2,3)19-6(16)5(15-7(17)20)9(18,4-11)10(12,13)14/h5,18H,4H2,1-3H3,(H2,15,17,20)/t5-,9-/m1/s1. The van der Waals surface area contributed by atoms with Gasteiger partial charge in [-0.2, -0.15) is 13.2 Å². The Kier molecular flexibility index (Phi) is 6.37. The van der Waals surface area contributed by atoms with Gasteiger partial charge in [0, 0.05) is 5.33 Å². The summed E-state index contributed by atoms with van der Waals surface area (Å²) in [4.78, 5) is 22.7. The average molecular weight is 382 g/mol. The quantitative estimate of drug-likeness (QED) is 0.395. The number of hydrogen-bond acceptors (Lipinski definition) is 4. The number of ether oxygens (including phenoxy) is 1. The number of hydrogen-bond donors (Lipinski definition) is 3. The Morgan fingerprint density at radius 3 is 2.05 bits per heavy atom. The van der Waals surface area contributed by atoms with E-state index in [0.29, 0.717) is 0 Å². The molecule has 0 aromatic carbocycles. The Hall–Kier alpha value is -0.480. The maximum atomic E-state index is 12.9. The molecule has 0 spiro atoms. The monoisotopic (exact) mass is 381 g/mol. The van der Waals surface area contributed by atoms with Crippen molar-refractivity contribution >= 4 is 39.8 Å². The number of esters is 1. The van der Waals surface area contributed by atoms with Crippen molar-refractivity contribution in [1.29, 1.82) is 0 Å². The van der Waals surface area contributed by atoms with Crippen LogP contribution in [0.3, 0.4) is 0 Å². The zero-order valence-electron chi connectivity index (χ0n) is 10.9. The first-order valence-corrected chi connectivity index (χ1v) is 6.89. The molecule has 10 heteroatoms. The summed E-state index contributed by atoms with van der Waals surface area (Å²) in [6.45, 7) is 4.31. The summed E-state index contributed by atoms with van der Waals surface area (Å²) in [6, 6.07) is -2.34. The van der Waals surface area contributed by atoms with Crippen LogP contribution in [0.4, 0.5) is 18.0 Å². The third kappa shape index (κ3) is 5.13. The molecule has 0 saturated carbocycles. The van der Waals surface area contributed by atoms with E-state index in [0.717, 1.165) is 0 Å². The lowest BCUT2D eigenvalue weighted by Crippen LogP contribution is -2.65. The van der Waals surface area contributed by atoms with Crippen LogP contribution in [0.15, 0.2) is 0 Å². The van der Waals surface area contributed by atoms with Crippen LogP contribution in [-0.2, 0) is 9.53 Å². The van der Waals surface area contributed by atoms with Crippen molar-refractivity contribution in [3.63, 3.8) is 0 Å². The number of aliphatic hydroxyl groups is 1. The van der Waals surface area contributed by atoms with Crippen molar-refractivity contribution in [3.05, 3.63) is 0 Å². The van der Waals surface area contributed by atoms with Crippen molar-refractivity contribution < 1.29 is 32.6 Å². The third-order valence-electron chi connectivity index (χ3n) is 2.08. The van der Waals surface area contributed by atoms with Crippen LogP contribution < -0.4 is 5.32 Å². The maximum absolute atomic E-state index is 12.9. The minimum Gasteiger partial charge on any atom is -0.458 e. The number of carbonyl (C=O) groups is 2. The second-order valence-electron chi connectivity index (χ2n) is 4.97. The first-order valence-electron chi connectivity index (χ1n) is 5.32. The minimum absolute atomic E-state index is 1.03. The highest BCUT2D eigenvalue weighted by Gasteiger charge is 2.61. The lowest BCUT2D eigenvalue weighted by atomic mass is 9.95. The van der Waals surface area contributed by atoms with Crippen LogP contribution >= 0.6 is 28.6 Å². The van der Waals surface area contributed by atoms with E-state index in [9.17, 15) is 27.9 Å². The van der Waals surface area contributed by atoms with Gasteiger partial charge in [-0.1, -0.05) is 28.6 Å². The van der Waals surface area contributed by atoms with Gasteiger partial charge in [-0.15, -0.1) is 0 Å². The van der Waals surface area contributed by atoms with Gasteiger partial charge in [-0.3, -0.25) is 4.79 Å². The van der Waals surface area contributed by atoms with Gasteiger partial charge in [0.15, 0.2) is 6.04 Å². The van der Waals surface area contributed by atoms with Crippen LogP contribution in [0.5, 0.6) is 0 Å². The Morgan fingerprint density at radius 2 is 1.80 bits per heavy atom. The number of nitrogens with one attached hydrogen (secondary N) is 1. The second kappa shape index (κ2) is 6.52. The molecule has 5 nitrogen and oxygen atoms in total. The normalized spacial score (nSPS) is 17.1. The molecule has 2 atom stereocenters. The van der Waals surface area contributed by atoms with Gasteiger partial charge in [0.1, 0.15) is 5.60 Å². The van der Waals surface area contributed by atoms with E-state index in [-0.39, 0.29) is 0 Å². The lowest BCUT2D eigenvalue weighted by Gasteiger charge is -2.36. The first-order chi connectivity index (χ1) is 8.74. The van der Waals surface area contributed by atoms with Gasteiger partial charge >= 0.3 is 12.1 Å². The van der Waals surface area contributed by atoms with Gasteiger partial charge in [-0.05, 0) is 20.8 Å². The summed E-state index contributed by atoms with van der Waals surface area (Å²) in [5.41, 5.74) is -4.61. The highest BCUT2D eigenvalue weighted by Crippen LogP contribution is 2.35. The highest BCUT2D eigenvalue weighted by molar-refractivity contribution is 9.09. The third-order valence-corrected chi connectivity index (χ3v) is 3.07. The van der Waals surface area contributed by atoms with Crippen molar-refractivity contribution in [2.24, 2.45) is 0 Å².